The standard InChI is InChI=1S/C19H22N6O3/c1-23-11-17(26)25-10-13(8-15(25)18(23)27)20-19(28)21-16-9-14(22-24(16)2)12-6-4-3-5-7-12/h3-7,9,13,15H,8,10-11H2,1-2H3,(H2,20,21,28)/t13-,15-/m0/s1. The number of nitrogens with zero attached hydrogens (tertiary/aromatic N) is 4. The molecule has 2 saturated heterocycles. The number of carbonyl (C=O) groups is 3. The number of carbonyl (C=O) groups excluding carboxylic acids is 3. The van der Waals surface area contributed by atoms with Gasteiger partial charge in [-0.25, -0.2) is 4.79 Å². The monoisotopic (exact) mass is 382 g/mol. The second-order valence-electron chi connectivity index (χ2n) is 7.19. The van der Waals surface area contributed by atoms with Crippen molar-refractivity contribution in [1.82, 2.24) is 24.9 Å². The van der Waals surface area contributed by atoms with E-state index in [1.54, 1.807) is 29.7 Å². The number of benzene rings is 1. The number of likely N-dealkylation sites (N-methyl/N-ethyl adjacent to an activating group) is 1. The molecule has 0 aliphatic carbocycles. The summed E-state index contributed by atoms with van der Waals surface area (Å²) in [6.07, 6.45) is 0.420. The van der Waals surface area contributed by atoms with Crippen LogP contribution in [0.25, 0.3) is 11.3 Å². The first-order valence-electron chi connectivity index (χ1n) is 9.14. The Morgan fingerprint density at radius 3 is 2.68 bits per heavy atom. The van der Waals surface area contributed by atoms with Crippen LogP contribution in [-0.4, -0.2) is 69.6 Å². The summed E-state index contributed by atoms with van der Waals surface area (Å²) in [6, 6.07) is 10.3. The van der Waals surface area contributed by atoms with Crippen LogP contribution in [0.3, 0.4) is 0 Å². The van der Waals surface area contributed by atoms with E-state index in [-0.39, 0.29) is 30.4 Å². The van der Waals surface area contributed by atoms with Gasteiger partial charge in [-0.15, -0.1) is 0 Å². The lowest BCUT2D eigenvalue weighted by Gasteiger charge is -2.33. The van der Waals surface area contributed by atoms with E-state index in [2.05, 4.69) is 15.7 Å². The number of rotatable bonds is 3. The van der Waals surface area contributed by atoms with Gasteiger partial charge in [0.25, 0.3) is 0 Å². The highest BCUT2D eigenvalue weighted by Gasteiger charge is 2.44. The van der Waals surface area contributed by atoms with Crippen molar-refractivity contribution in [2.45, 2.75) is 18.5 Å². The Labute approximate surface area is 162 Å². The highest BCUT2D eigenvalue weighted by Crippen LogP contribution is 2.24. The molecule has 0 radical (unpaired) electrons. The summed E-state index contributed by atoms with van der Waals surface area (Å²) in [5.74, 6) is 0.387. The molecule has 1 aromatic heterocycles. The predicted molar refractivity (Wildman–Crippen MR) is 102 cm³/mol. The van der Waals surface area contributed by atoms with E-state index in [1.807, 2.05) is 30.3 Å². The van der Waals surface area contributed by atoms with Gasteiger partial charge in [0.15, 0.2) is 0 Å². The lowest BCUT2D eigenvalue weighted by atomic mass is 10.1. The molecule has 2 atom stereocenters. The number of aryl methyl sites for hydroxylation is 1. The number of nitrogens with one attached hydrogen (secondary N) is 2. The summed E-state index contributed by atoms with van der Waals surface area (Å²) in [5, 5.41) is 10.1. The second kappa shape index (κ2) is 6.99. The number of hydrogen-bond acceptors (Lipinski definition) is 4. The van der Waals surface area contributed by atoms with Crippen LogP contribution < -0.4 is 10.6 Å². The normalized spacial score (nSPS) is 21.6. The molecule has 2 aliphatic heterocycles. The number of aromatic nitrogens is 2. The largest absolute Gasteiger partial charge is 0.335 e. The molecule has 9 heteroatoms. The minimum absolute atomic E-state index is 0.0801. The van der Waals surface area contributed by atoms with Crippen molar-refractivity contribution in [1.29, 1.82) is 0 Å². The van der Waals surface area contributed by atoms with Crippen molar-refractivity contribution < 1.29 is 14.4 Å². The number of urea groups is 1. The number of piperazine rings is 1. The van der Waals surface area contributed by atoms with Crippen molar-refractivity contribution in [3.8, 4) is 11.3 Å². The first-order valence-corrected chi connectivity index (χ1v) is 9.14. The maximum atomic E-state index is 12.4. The fraction of sp³-hybridized carbons (Fsp3) is 0.368. The molecule has 0 bridgehead atoms. The van der Waals surface area contributed by atoms with Crippen LogP contribution in [0.4, 0.5) is 10.6 Å². The van der Waals surface area contributed by atoms with Crippen LogP contribution in [0, 0.1) is 0 Å². The highest BCUT2D eigenvalue weighted by molar-refractivity contribution is 5.95. The molecule has 28 heavy (non-hydrogen) atoms. The third-order valence-electron chi connectivity index (χ3n) is 5.18. The smallest absolute Gasteiger partial charge is 0.320 e. The number of amides is 4. The third-order valence-corrected chi connectivity index (χ3v) is 5.18. The zero-order chi connectivity index (χ0) is 19.8. The topological polar surface area (TPSA) is 99.6 Å². The van der Waals surface area contributed by atoms with Gasteiger partial charge in [-0.3, -0.25) is 19.6 Å². The molecule has 1 aromatic carbocycles. The molecule has 2 aliphatic rings. The lowest BCUT2D eigenvalue weighted by molar-refractivity contribution is -0.152. The number of anilines is 1. The molecule has 0 spiro atoms. The SMILES string of the molecule is CN1CC(=O)N2C[C@@H](NC(=O)Nc3cc(-c4ccccc4)nn3C)C[C@H]2C1=O. The van der Waals surface area contributed by atoms with Gasteiger partial charge >= 0.3 is 6.03 Å². The summed E-state index contributed by atoms with van der Waals surface area (Å²) >= 11 is 0. The van der Waals surface area contributed by atoms with E-state index >= 15 is 0 Å². The van der Waals surface area contributed by atoms with Gasteiger partial charge in [-0.1, -0.05) is 30.3 Å². The molecule has 4 rings (SSSR count). The quantitative estimate of drug-likeness (QED) is 0.814. The molecule has 2 aromatic rings. The molecule has 2 fully saturated rings. The summed E-state index contributed by atoms with van der Waals surface area (Å²) in [6.45, 7) is 0.433. The Bertz CT molecular complexity index is 925. The summed E-state index contributed by atoms with van der Waals surface area (Å²) in [4.78, 5) is 39.8. The van der Waals surface area contributed by atoms with Crippen LogP contribution in [0.5, 0.6) is 0 Å². The Balaban J connectivity index is 1.40. The van der Waals surface area contributed by atoms with E-state index in [0.29, 0.717) is 18.8 Å². The van der Waals surface area contributed by atoms with E-state index in [9.17, 15) is 14.4 Å². The van der Waals surface area contributed by atoms with Gasteiger partial charge in [-0.2, -0.15) is 5.10 Å². The molecule has 0 saturated carbocycles. The van der Waals surface area contributed by atoms with Gasteiger partial charge in [0, 0.05) is 32.3 Å². The van der Waals surface area contributed by atoms with Crippen LogP contribution >= 0.6 is 0 Å². The van der Waals surface area contributed by atoms with Gasteiger partial charge in [0.05, 0.1) is 18.3 Å². The van der Waals surface area contributed by atoms with E-state index in [4.69, 9.17) is 0 Å². The minimum Gasteiger partial charge on any atom is -0.335 e. The summed E-state index contributed by atoms with van der Waals surface area (Å²) in [7, 11) is 3.38. The van der Waals surface area contributed by atoms with E-state index in [0.717, 1.165) is 11.3 Å². The van der Waals surface area contributed by atoms with Crippen LogP contribution in [0.1, 0.15) is 6.42 Å². The fourth-order valence-corrected chi connectivity index (χ4v) is 3.75. The van der Waals surface area contributed by atoms with Gasteiger partial charge in [-0.05, 0) is 6.42 Å². The first kappa shape index (κ1) is 18.0. The van der Waals surface area contributed by atoms with Crippen molar-refractivity contribution in [3.63, 3.8) is 0 Å². The summed E-state index contributed by atoms with van der Waals surface area (Å²) < 4.78 is 1.60. The Morgan fingerprint density at radius 1 is 1.18 bits per heavy atom. The summed E-state index contributed by atoms with van der Waals surface area (Å²) in [5.41, 5.74) is 1.72. The van der Waals surface area contributed by atoms with Gasteiger partial charge in [0.1, 0.15) is 11.9 Å². The van der Waals surface area contributed by atoms with Crippen molar-refractivity contribution in [2.24, 2.45) is 7.05 Å². The van der Waals surface area contributed by atoms with Crippen LogP contribution in [-0.2, 0) is 16.6 Å². The Morgan fingerprint density at radius 2 is 1.93 bits per heavy atom. The zero-order valence-corrected chi connectivity index (χ0v) is 15.8. The molecule has 3 heterocycles. The van der Waals surface area contributed by atoms with Gasteiger partial charge < -0.3 is 15.1 Å². The Kier molecular flexibility index (Phi) is 4.50. The predicted octanol–water partition coefficient (Wildman–Crippen LogP) is 0.650. The number of hydrogen-bond donors (Lipinski definition) is 2. The van der Waals surface area contributed by atoms with E-state index in [1.165, 1.54) is 4.90 Å². The van der Waals surface area contributed by atoms with Crippen molar-refractivity contribution in [2.75, 3.05) is 25.5 Å². The van der Waals surface area contributed by atoms with Crippen LogP contribution in [0.15, 0.2) is 36.4 Å². The maximum absolute atomic E-state index is 12.4. The second-order valence-corrected chi connectivity index (χ2v) is 7.19. The highest BCUT2D eigenvalue weighted by atomic mass is 16.2. The van der Waals surface area contributed by atoms with Gasteiger partial charge in [0.2, 0.25) is 11.8 Å². The lowest BCUT2D eigenvalue weighted by Crippen LogP contribution is -2.55. The maximum Gasteiger partial charge on any atom is 0.320 e. The molecule has 4 amide bonds. The molecule has 9 nitrogen and oxygen atoms in total. The molecule has 146 valence electrons. The number of fused-ring (bicyclic) bond motifs is 1. The molecular formula is C19H22N6O3. The van der Waals surface area contributed by atoms with Crippen molar-refractivity contribution in [3.05, 3.63) is 36.4 Å². The minimum atomic E-state index is -0.488. The van der Waals surface area contributed by atoms with E-state index < -0.39 is 6.04 Å². The molecule has 0 unspecified atom stereocenters. The zero-order valence-electron chi connectivity index (χ0n) is 15.8. The first-order chi connectivity index (χ1) is 13.4. The fourth-order valence-electron chi connectivity index (χ4n) is 3.75. The molecular weight excluding hydrogens is 360 g/mol. The van der Waals surface area contributed by atoms with Crippen LogP contribution in [0.2, 0.25) is 0 Å². The average molecular weight is 382 g/mol. The molecule has 2 N–H and O–H groups in total. The Hall–Kier alpha value is -3.36. The van der Waals surface area contributed by atoms with Crippen molar-refractivity contribution >= 4 is 23.7 Å². The average Bonchev–Trinajstić information content (AvgIpc) is 3.25. The third kappa shape index (κ3) is 3.30.